The minimum absolute atomic E-state index is 0.793. The van der Waals surface area contributed by atoms with Crippen LogP contribution in [0.25, 0.3) is 0 Å². The Morgan fingerprint density at radius 2 is 2.18 bits per heavy atom. The third kappa shape index (κ3) is 3.66. The van der Waals surface area contributed by atoms with Gasteiger partial charge >= 0.3 is 0 Å². The Labute approximate surface area is 116 Å². The summed E-state index contributed by atoms with van der Waals surface area (Å²) < 4.78 is 0. The van der Waals surface area contributed by atoms with Crippen LogP contribution in [-0.2, 0) is 0 Å². The fraction of sp³-hybridized carbons (Fsp3) is 0.750. The van der Waals surface area contributed by atoms with E-state index in [-0.39, 0.29) is 0 Å². The molecular weight excluding hydrogens is 298 g/mol. The van der Waals surface area contributed by atoms with E-state index in [9.17, 15) is 0 Å². The first-order valence-corrected chi connectivity index (χ1v) is 8.26. The lowest BCUT2D eigenvalue weighted by atomic mass is 10.1. The molecule has 0 amide bonds. The van der Waals surface area contributed by atoms with Gasteiger partial charge in [0.15, 0.2) is 5.13 Å². The van der Waals surface area contributed by atoms with E-state index in [1.807, 2.05) is 6.20 Å². The van der Waals surface area contributed by atoms with Gasteiger partial charge in [0.05, 0.1) is 0 Å². The molecule has 1 aliphatic heterocycles. The van der Waals surface area contributed by atoms with Crippen molar-refractivity contribution in [2.24, 2.45) is 5.92 Å². The number of halogens is 1. The van der Waals surface area contributed by atoms with E-state index in [1.165, 1.54) is 31.2 Å². The topological polar surface area (TPSA) is 19.4 Å². The van der Waals surface area contributed by atoms with Crippen molar-refractivity contribution in [3.8, 4) is 0 Å². The highest BCUT2D eigenvalue weighted by Crippen LogP contribution is 2.19. The first-order chi connectivity index (χ1) is 8.33. The Bertz CT molecular complexity index is 306. The molecule has 1 unspecified atom stereocenters. The summed E-state index contributed by atoms with van der Waals surface area (Å²) in [4.78, 5) is 9.36. The van der Waals surface area contributed by atoms with Gasteiger partial charge in [0, 0.05) is 49.6 Å². The predicted octanol–water partition coefficient (Wildman–Crippen LogP) is 2.69. The van der Waals surface area contributed by atoms with Crippen molar-refractivity contribution >= 4 is 32.4 Å². The van der Waals surface area contributed by atoms with Crippen molar-refractivity contribution < 1.29 is 0 Å². The Hall–Kier alpha value is -0.130. The molecule has 3 nitrogen and oxygen atoms in total. The van der Waals surface area contributed by atoms with Gasteiger partial charge in [-0.3, -0.25) is 4.90 Å². The van der Waals surface area contributed by atoms with Crippen molar-refractivity contribution in [2.75, 3.05) is 43.0 Å². The normalized spacial score (nSPS) is 19.5. The molecule has 0 saturated carbocycles. The molecule has 1 fully saturated rings. The molecule has 5 heteroatoms. The molecule has 0 bridgehead atoms. The number of hydrogen-bond acceptors (Lipinski definition) is 4. The van der Waals surface area contributed by atoms with Crippen LogP contribution in [0.5, 0.6) is 0 Å². The minimum atomic E-state index is 0.793. The third-order valence-electron chi connectivity index (χ3n) is 3.37. The van der Waals surface area contributed by atoms with Crippen LogP contribution in [-0.4, -0.2) is 47.9 Å². The first-order valence-electron chi connectivity index (χ1n) is 6.26. The summed E-state index contributed by atoms with van der Waals surface area (Å²) in [7, 11) is 0. The zero-order chi connectivity index (χ0) is 12.1. The van der Waals surface area contributed by atoms with E-state index in [0.717, 1.165) is 24.3 Å². The zero-order valence-electron chi connectivity index (χ0n) is 10.3. The van der Waals surface area contributed by atoms with Crippen LogP contribution in [0.3, 0.4) is 0 Å². The highest BCUT2D eigenvalue weighted by molar-refractivity contribution is 9.09. The summed E-state index contributed by atoms with van der Waals surface area (Å²) >= 11 is 5.34. The van der Waals surface area contributed by atoms with Gasteiger partial charge in [0.25, 0.3) is 0 Å². The van der Waals surface area contributed by atoms with E-state index in [2.05, 4.69) is 43.0 Å². The number of anilines is 1. The van der Waals surface area contributed by atoms with Crippen LogP contribution in [0, 0.1) is 5.92 Å². The summed E-state index contributed by atoms with van der Waals surface area (Å²) in [5.41, 5.74) is 0. The number of piperazine rings is 1. The van der Waals surface area contributed by atoms with Crippen molar-refractivity contribution in [3.63, 3.8) is 0 Å². The first kappa shape index (κ1) is 13.3. The molecular formula is C12H20BrN3S. The molecule has 1 saturated heterocycles. The SMILES string of the molecule is CCC(CBr)CN1CCN(c2nccs2)CC1. The van der Waals surface area contributed by atoms with Gasteiger partial charge in [0.2, 0.25) is 0 Å². The van der Waals surface area contributed by atoms with Gasteiger partial charge in [-0.05, 0) is 5.92 Å². The second-order valence-corrected chi connectivity index (χ2v) is 6.05. The van der Waals surface area contributed by atoms with Crippen molar-refractivity contribution in [1.82, 2.24) is 9.88 Å². The number of rotatable bonds is 5. The summed E-state index contributed by atoms with van der Waals surface area (Å²) in [6.07, 6.45) is 3.16. The van der Waals surface area contributed by atoms with E-state index in [1.54, 1.807) is 11.3 Å². The number of nitrogens with zero attached hydrogens (tertiary/aromatic N) is 3. The Morgan fingerprint density at radius 3 is 2.71 bits per heavy atom. The summed E-state index contributed by atoms with van der Waals surface area (Å²) in [6.45, 7) is 8.08. The largest absolute Gasteiger partial charge is 0.346 e. The summed E-state index contributed by atoms with van der Waals surface area (Å²) in [5, 5.41) is 4.35. The summed E-state index contributed by atoms with van der Waals surface area (Å²) in [5.74, 6) is 0.793. The van der Waals surface area contributed by atoms with Gasteiger partial charge in [-0.2, -0.15) is 0 Å². The monoisotopic (exact) mass is 317 g/mol. The Balaban J connectivity index is 1.78. The van der Waals surface area contributed by atoms with E-state index in [4.69, 9.17) is 0 Å². The van der Waals surface area contributed by atoms with Crippen molar-refractivity contribution in [1.29, 1.82) is 0 Å². The highest BCUT2D eigenvalue weighted by atomic mass is 79.9. The Kier molecular flexibility index (Phi) is 5.25. The standard InChI is InChI=1S/C12H20BrN3S/c1-2-11(9-13)10-15-4-6-16(7-5-15)12-14-3-8-17-12/h3,8,11H,2,4-7,9-10H2,1H3. The van der Waals surface area contributed by atoms with E-state index in [0.29, 0.717) is 0 Å². The van der Waals surface area contributed by atoms with Crippen molar-refractivity contribution in [2.45, 2.75) is 13.3 Å². The second kappa shape index (κ2) is 6.71. The number of aromatic nitrogens is 1. The molecule has 1 aromatic heterocycles. The molecule has 0 N–H and O–H groups in total. The summed E-state index contributed by atoms with van der Waals surface area (Å²) in [6, 6.07) is 0. The molecule has 2 rings (SSSR count). The van der Waals surface area contributed by atoms with E-state index < -0.39 is 0 Å². The van der Waals surface area contributed by atoms with Gasteiger partial charge in [-0.1, -0.05) is 29.3 Å². The number of alkyl halides is 1. The molecule has 17 heavy (non-hydrogen) atoms. The molecule has 0 radical (unpaired) electrons. The molecule has 0 spiro atoms. The van der Waals surface area contributed by atoms with Crippen LogP contribution in [0.2, 0.25) is 0 Å². The molecule has 1 aromatic rings. The quantitative estimate of drug-likeness (QED) is 0.778. The lowest BCUT2D eigenvalue weighted by Gasteiger charge is -2.36. The zero-order valence-corrected chi connectivity index (χ0v) is 12.7. The fourth-order valence-electron chi connectivity index (χ4n) is 2.15. The van der Waals surface area contributed by atoms with Crippen molar-refractivity contribution in [3.05, 3.63) is 11.6 Å². The molecule has 2 heterocycles. The van der Waals surface area contributed by atoms with E-state index >= 15 is 0 Å². The number of hydrogen-bond donors (Lipinski definition) is 0. The van der Waals surface area contributed by atoms with Crippen LogP contribution < -0.4 is 4.90 Å². The van der Waals surface area contributed by atoms with Gasteiger partial charge in [0.1, 0.15) is 0 Å². The van der Waals surface area contributed by atoms with Crippen LogP contribution >= 0.6 is 27.3 Å². The maximum absolute atomic E-state index is 4.38. The average molecular weight is 318 g/mol. The molecule has 0 aromatic carbocycles. The average Bonchev–Trinajstić information content (AvgIpc) is 2.90. The molecule has 96 valence electrons. The predicted molar refractivity (Wildman–Crippen MR) is 78.3 cm³/mol. The minimum Gasteiger partial charge on any atom is -0.346 e. The molecule has 0 aliphatic carbocycles. The third-order valence-corrected chi connectivity index (χ3v) is 5.12. The molecule has 1 atom stereocenters. The van der Waals surface area contributed by atoms with Gasteiger partial charge < -0.3 is 4.90 Å². The highest BCUT2D eigenvalue weighted by Gasteiger charge is 2.20. The van der Waals surface area contributed by atoms with Crippen LogP contribution in [0.4, 0.5) is 5.13 Å². The smallest absolute Gasteiger partial charge is 0.185 e. The molecule has 1 aliphatic rings. The lowest BCUT2D eigenvalue weighted by molar-refractivity contribution is 0.225. The maximum atomic E-state index is 4.38. The van der Waals surface area contributed by atoms with Gasteiger partial charge in [-0.25, -0.2) is 4.98 Å². The second-order valence-electron chi connectivity index (χ2n) is 4.53. The van der Waals surface area contributed by atoms with Crippen LogP contribution in [0.15, 0.2) is 11.6 Å². The van der Waals surface area contributed by atoms with Gasteiger partial charge in [-0.15, -0.1) is 11.3 Å². The fourth-order valence-corrected chi connectivity index (χ4v) is 3.51. The number of thiazole rings is 1. The van der Waals surface area contributed by atoms with Crippen LogP contribution in [0.1, 0.15) is 13.3 Å². The lowest BCUT2D eigenvalue weighted by Crippen LogP contribution is -2.47. The maximum Gasteiger partial charge on any atom is 0.185 e. The Morgan fingerprint density at radius 1 is 1.41 bits per heavy atom.